The van der Waals surface area contributed by atoms with Crippen molar-refractivity contribution in [1.82, 2.24) is 15.1 Å². The first-order valence-electron chi connectivity index (χ1n) is 9.11. The van der Waals surface area contributed by atoms with Gasteiger partial charge >= 0.3 is 17.9 Å². The van der Waals surface area contributed by atoms with Gasteiger partial charge in [-0.15, -0.1) is 0 Å². The van der Waals surface area contributed by atoms with Gasteiger partial charge in [0.05, 0.1) is 18.3 Å². The third-order valence-electron chi connectivity index (χ3n) is 4.42. The number of nitrogens with zero attached hydrogens (tertiary/aromatic N) is 2. The first-order chi connectivity index (χ1) is 14.1. The molecule has 30 heavy (non-hydrogen) atoms. The van der Waals surface area contributed by atoms with Crippen LogP contribution in [0.5, 0.6) is 0 Å². The van der Waals surface area contributed by atoms with Crippen molar-refractivity contribution < 1.29 is 44.1 Å². The average Bonchev–Trinajstić information content (AvgIpc) is 2.90. The number of carboxylic acids is 3. The zero-order chi connectivity index (χ0) is 22.8. The molecule has 1 saturated heterocycles. The largest absolute Gasteiger partial charge is 0.480 e. The number of carbonyl (C=O) groups is 6. The molecule has 2 atom stereocenters. The summed E-state index contributed by atoms with van der Waals surface area (Å²) in [5.41, 5.74) is 0. The van der Waals surface area contributed by atoms with Crippen LogP contribution in [0.15, 0.2) is 0 Å². The number of carboxylic acid groups (broad SMARTS) is 3. The second-order valence-electron chi connectivity index (χ2n) is 6.64. The van der Waals surface area contributed by atoms with Crippen LogP contribution in [-0.4, -0.2) is 104 Å². The van der Waals surface area contributed by atoms with E-state index in [4.69, 9.17) is 10.2 Å². The minimum atomic E-state index is -1.34. The fourth-order valence-electron chi connectivity index (χ4n) is 2.98. The molecule has 1 aliphatic rings. The Morgan fingerprint density at radius 3 is 2.20 bits per heavy atom. The number of hydrogen-bond donors (Lipinski definition) is 4. The molecule has 0 bridgehead atoms. The maximum atomic E-state index is 12.0. The van der Waals surface area contributed by atoms with E-state index in [9.17, 15) is 33.9 Å². The molecule has 2 unspecified atom stereocenters. The molecule has 0 aromatic rings. The Labute approximate surface area is 176 Å². The summed E-state index contributed by atoms with van der Waals surface area (Å²) < 4.78 is 0. The Balaban J connectivity index is 2.44. The van der Waals surface area contributed by atoms with Gasteiger partial charge in [0, 0.05) is 13.0 Å². The van der Waals surface area contributed by atoms with Crippen molar-refractivity contribution in [2.24, 2.45) is 0 Å². The Bertz CT molecular complexity index is 684. The zero-order valence-electron chi connectivity index (χ0n) is 16.4. The quantitative estimate of drug-likeness (QED) is 0.183. The van der Waals surface area contributed by atoms with Crippen LogP contribution in [0.25, 0.3) is 0 Å². The molecule has 0 spiro atoms. The smallest absolute Gasteiger partial charge is 0.320 e. The average molecular weight is 447 g/mol. The molecule has 1 fully saturated rings. The van der Waals surface area contributed by atoms with Gasteiger partial charge in [-0.1, -0.05) is 0 Å². The van der Waals surface area contributed by atoms with Gasteiger partial charge in [-0.05, 0) is 25.5 Å². The molecule has 3 amide bonds. The molecule has 13 heteroatoms. The monoisotopic (exact) mass is 447 g/mol. The molecule has 1 heterocycles. The number of hydrogen-bond acceptors (Lipinski definition) is 8. The standard InChI is InChI=1S/C17H25N3O9S/c1-30-11-6-13(22)20(16(11)27)7-12(21)18-5-3-2-4-10(17(28)29)19(8-14(23)24)9-15(25)26/h10-11H,2-9H2,1H3,(H,18,21)(H,23,24)(H,25,26)(H,28,29). The van der Waals surface area contributed by atoms with Crippen LogP contribution in [0.2, 0.25) is 0 Å². The van der Waals surface area contributed by atoms with Crippen molar-refractivity contribution in [3.63, 3.8) is 0 Å². The lowest BCUT2D eigenvalue weighted by Crippen LogP contribution is -2.46. The lowest BCUT2D eigenvalue weighted by Gasteiger charge is -2.25. The molecule has 0 aromatic heterocycles. The maximum Gasteiger partial charge on any atom is 0.320 e. The van der Waals surface area contributed by atoms with E-state index in [1.165, 1.54) is 11.8 Å². The molecule has 0 saturated carbocycles. The molecule has 168 valence electrons. The topological polar surface area (TPSA) is 182 Å². The highest BCUT2D eigenvalue weighted by atomic mass is 32.2. The van der Waals surface area contributed by atoms with Crippen molar-refractivity contribution in [3.05, 3.63) is 0 Å². The van der Waals surface area contributed by atoms with Crippen molar-refractivity contribution >= 4 is 47.4 Å². The molecule has 12 nitrogen and oxygen atoms in total. The fraction of sp³-hybridized carbons (Fsp3) is 0.647. The van der Waals surface area contributed by atoms with E-state index >= 15 is 0 Å². The summed E-state index contributed by atoms with van der Waals surface area (Å²) >= 11 is 1.24. The SMILES string of the molecule is CSC1CC(=O)N(CC(=O)NCCCCC(C(=O)O)N(CC(=O)O)CC(=O)O)C1=O. The maximum absolute atomic E-state index is 12.0. The minimum absolute atomic E-state index is 0.00966. The van der Waals surface area contributed by atoms with Gasteiger partial charge in [0.2, 0.25) is 17.7 Å². The lowest BCUT2D eigenvalue weighted by molar-refractivity contribution is -0.149. The Morgan fingerprint density at radius 2 is 1.73 bits per heavy atom. The lowest BCUT2D eigenvalue weighted by atomic mass is 10.1. The molecule has 0 radical (unpaired) electrons. The number of carbonyl (C=O) groups excluding carboxylic acids is 3. The van der Waals surface area contributed by atoms with E-state index in [2.05, 4.69) is 5.32 Å². The number of unbranched alkanes of at least 4 members (excludes halogenated alkanes) is 1. The van der Waals surface area contributed by atoms with Crippen LogP contribution < -0.4 is 5.32 Å². The van der Waals surface area contributed by atoms with Crippen LogP contribution in [-0.2, 0) is 28.8 Å². The summed E-state index contributed by atoms with van der Waals surface area (Å²) in [5, 5.41) is 29.1. The van der Waals surface area contributed by atoms with Crippen molar-refractivity contribution in [3.8, 4) is 0 Å². The molecule has 1 aliphatic heterocycles. The van der Waals surface area contributed by atoms with E-state index in [0.29, 0.717) is 6.42 Å². The number of imide groups is 1. The second kappa shape index (κ2) is 12.1. The first kappa shape index (κ1) is 25.4. The normalized spacial score (nSPS) is 17.3. The molecular weight excluding hydrogens is 422 g/mol. The molecule has 4 N–H and O–H groups in total. The Morgan fingerprint density at radius 1 is 1.13 bits per heavy atom. The van der Waals surface area contributed by atoms with Crippen LogP contribution in [0.1, 0.15) is 25.7 Å². The van der Waals surface area contributed by atoms with Gasteiger partial charge in [-0.25, -0.2) is 0 Å². The van der Waals surface area contributed by atoms with Crippen molar-refractivity contribution in [1.29, 1.82) is 0 Å². The number of thioether (sulfide) groups is 1. The Kier molecular flexibility index (Phi) is 10.3. The summed E-state index contributed by atoms with van der Waals surface area (Å²) in [6.07, 6.45) is 2.39. The van der Waals surface area contributed by atoms with Crippen molar-refractivity contribution in [2.45, 2.75) is 37.0 Å². The summed E-state index contributed by atoms with van der Waals surface area (Å²) in [6.45, 7) is -1.67. The fourth-order valence-corrected chi connectivity index (χ4v) is 3.62. The number of aliphatic carboxylic acids is 3. The first-order valence-corrected chi connectivity index (χ1v) is 10.4. The number of rotatable bonds is 14. The highest BCUT2D eigenvalue weighted by Crippen LogP contribution is 2.22. The van der Waals surface area contributed by atoms with Crippen LogP contribution in [0, 0.1) is 0 Å². The van der Waals surface area contributed by atoms with Gasteiger partial charge in [0.15, 0.2) is 0 Å². The number of likely N-dealkylation sites (tertiary alicyclic amines) is 1. The predicted molar refractivity (Wildman–Crippen MR) is 104 cm³/mol. The van der Waals surface area contributed by atoms with Gasteiger partial charge in [0.1, 0.15) is 12.6 Å². The van der Waals surface area contributed by atoms with Crippen molar-refractivity contribution in [2.75, 3.05) is 32.4 Å². The molecular formula is C17H25N3O9S. The minimum Gasteiger partial charge on any atom is -0.480 e. The highest BCUT2D eigenvalue weighted by Gasteiger charge is 2.38. The molecule has 1 rings (SSSR count). The number of amides is 3. The highest BCUT2D eigenvalue weighted by molar-refractivity contribution is 8.00. The molecule has 0 aromatic carbocycles. The van der Waals surface area contributed by atoms with E-state index in [-0.39, 0.29) is 32.4 Å². The molecule has 0 aliphatic carbocycles. The predicted octanol–water partition coefficient (Wildman–Crippen LogP) is -1.31. The number of nitrogens with one attached hydrogen (secondary N) is 1. The third-order valence-corrected chi connectivity index (χ3v) is 5.36. The van der Waals surface area contributed by atoms with Gasteiger partial charge in [-0.3, -0.25) is 38.6 Å². The van der Waals surface area contributed by atoms with Gasteiger partial charge in [0.25, 0.3) is 0 Å². The van der Waals surface area contributed by atoms with Gasteiger partial charge in [-0.2, -0.15) is 11.8 Å². The van der Waals surface area contributed by atoms with Crippen LogP contribution >= 0.6 is 11.8 Å². The van der Waals surface area contributed by atoms with Gasteiger partial charge < -0.3 is 20.6 Å². The summed E-state index contributed by atoms with van der Waals surface area (Å²) in [4.78, 5) is 70.6. The van der Waals surface area contributed by atoms with E-state index in [0.717, 1.165) is 9.80 Å². The zero-order valence-corrected chi connectivity index (χ0v) is 17.2. The van der Waals surface area contributed by atoms with E-state index in [1.54, 1.807) is 6.26 Å². The van der Waals surface area contributed by atoms with Crippen LogP contribution in [0.3, 0.4) is 0 Å². The summed E-state index contributed by atoms with van der Waals surface area (Å²) in [7, 11) is 0. The van der Waals surface area contributed by atoms with E-state index < -0.39 is 60.0 Å². The summed E-state index contributed by atoms with van der Waals surface area (Å²) in [6, 6.07) is -1.30. The second-order valence-corrected chi connectivity index (χ2v) is 7.68. The summed E-state index contributed by atoms with van der Waals surface area (Å²) in [5.74, 6) is -5.35. The van der Waals surface area contributed by atoms with E-state index in [1.807, 2.05) is 0 Å². The van der Waals surface area contributed by atoms with Crippen LogP contribution in [0.4, 0.5) is 0 Å². The Hall–Kier alpha value is -2.67. The third kappa shape index (κ3) is 7.99.